The smallest absolute Gasteiger partial charge is 0.511 e. The summed E-state index contributed by atoms with van der Waals surface area (Å²) in [5, 5.41) is 0. The van der Waals surface area contributed by atoms with Crippen LogP contribution in [-0.4, -0.2) is 27.2 Å². The molecule has 0 heterocycles. The molecular formula is H5BCrFeNiO3Si. The van der Waals surface area contributed by atoms with E-state index in [-0.39, 0.29) is 59.3 Å². The predicted molar refractivity (Wildman–Crippen MR) is 20.8 cm³/mol. The van der Waals surface area contributed by atoms with Gasteiger partial charge in [-0.05, 0) is 0 Å². The summed E-state index contributed by atoms with van der Waals surface area (Å²) in [6.07, 6.45) is 0. The van der Waals surface area contributed by atoms with E-state index in [1.807, 2.05) is 0 Å². The van der Waals surface area contributed by atoms with Crippen LogP contribution < -0.4 is 0 Å². The van der Waals surface area contributed by atoms with Crippen molar-refractivity contribution in [2.45, 2.75) is 0 Å². The maximum absolute atomic E-state index is 8.74. The normalized spacial score (nSPS) is 3.00. The molecule has 0 aromatic heterocycles. The molecule has 0 bridgehead atoms. The van der Waals surface area contributed by atoms with Crippen LogP contribution in [0.15, 0.2) is 0 Å². The van der Waals surface area contributed by atoms with E-state index in [2.05, 4.69) is 0 Å². The largest absolute Gasteiger partial charge is 0.761 e. The van der Waals surface area contributed by atoms with Gasteiger partial charge in [-0.25, -0.2) is 0 Å². The molecule has 0 aromatic carbocycles. The molecule has 0 saturated carbocycles. The minimum absolute atomic E-state index is 0. The molecule has 0 amide bonds. The first-order valence-corrected chi connectivity index (χ1v) is 1.95. The van der Waals surface area contributed by atoms with Crippen LogP contribution in [0.2, 0.25) is 0 Å². The summed E-state index contributed by atoms with van der Waals surface area (Å²) in [6.45, 7) is 0. The summed E-state index contributed by atoms with van der Waals surface area (Å²) < 4.78 is 8.74. The van der Waals surface area contributed by atoms with Crippen LogP contribution in [0.1, 0.15) is 0 Å². The third-order valence-electron chi connectivity index (χ3n) is 0. The zero-order chi connectivity index (χ0) is 3.58. The van der Waals surface area contributed by atoms with Crippen molar-refractivity contribution >= 4 is 17.6 Å². The van der Waals surface area contributed by atoms with Crippen molar-refractivity contribution in [1.82, 2.24) is 0 Å². The summed E-state index contributed by atoms with van der Waals surface area (Å²) >= 11 is 0. The van der Waals surface area contributed by atoms with Crippen LogP contribution in [0.25, 0.3) is 0 Å². The van der Waals surface area contributed by atoms with Crippen LogP contribution in [-0.2, 0) is 55.4 Å². The Morgan fingerprint density at radius 1 is 1.25 bits per heavy atom. The molecule has 2 N–H and O–H groups in total. The van der Waals surface area contributed by atoms with Crippen molar-refractivity contribution in [3.63, 3.8) is 0 Å². The van der Waals surface area contributed by atoms with Crippen molar-refractivity contribution in [2.75, 3.05) is 0 Å². The van der Waals surface area contributed by atoms with Crippen molar-refractivity contribution in [1.29, 1.82) is 0 Å². The van der Waals surface area contributed by atoms with E-state index in [4.69, 9.17) is 14.1 Å². The molecule has 0 unspecified atom stereocenters. The van der Waals surface area contributed by atoms with Gasteiger partial charge in [0.05, 0.1) is 8.41 Å². The van der Waals surface area contributed by atoms with E-state index >= 15 is 0 Å². The minimum atomic E-state index is -3.13. The van der Waals surface area contributed by atoms with Gasteiger partial charge >= 0.3 is 9.17 Å². The first-order valence-electron chi connectivity index (χ1n) is 0.651. The first kappa shape index (κ1) is 35.0. The predicted octanol–water partition coefficient (Wildman–Crippen LogP) is -2.81. The third-order valence-corrected chi connectivity index (χ3v) is 0. The van der Waals surface area contributed by atoms with Crippen LogP contribution in [0.3, 0.4) is 0 Å². The standard InChI is InChI=1S/BH3.Cr.Fe.Ni.H2O3Si/c;;;;1-4(2)3/h1H3;;;;1-2H. The topological polar surface area (TPSA) is 57.5 Å². The van der Waals surface area contributed by atoms with Gasteiger partial charge in [-0.2, -0.15) is 0 Å². The van der Waals surface area contributed by atoms with E-state index in [9.17, 15) is 0 Å². The molecule has 0 spiro atoms. The van der Waals surface area contributed by atoms with E-state index in [1.54, 1.807) is 0 Å². The fourth-order valence-electron chi connectivity index (χ4n) is 0. The molecule has 3 nitrogen and oxygen atoms in total. The number of rotatable bonds is 0. The van der Waals surface area contributed by atoms with E-state index < -0.39 is 9.17 Å². The maximum Gasteiger partial charge on any atom is 0.761 e. The Labute approximate surface area is 82.3 Å². The van der Waals surface area contributed by atoms with Gasteiger partial charge in [-0.1, -0.05) is 0 Å². The zero-order valence-electron chi connectivity index (χ0n) is 2.88. The molecule has 0 aliphatic heterocycles. The Bertz CT molecular complexity index is 42.3. The van der Waals surface area contributed by atoms with E-state index in [1.165, 1.54) is 0 Å². The van der Waals surface area contributed by atoms with Crippen molar-refractivity contribution in [3.8, 4) is 0 Å². The van der Waals surface area contributed by atoms with Crippen molar-refractivity contribution in [2.24, 2.45) is 0 Å². The van der Waals surface area contributed by atoms with Crippen LogP contribution >= 0.6 is 0 Å². The average molecular weight is 258 g/mol. The molecule has 0 aromatic rings. The Morgan fingerprint density at radius 3 is 1.25 bits per heavy atom. The van der Waals surface area contributed by atoms with Gasteiger partial charge in [0.2, 0.25) is 0 Å². The maximum atomic E-state index is 8.74. The molecular weight excluding hydrogens is 253 g/mol. The van der Waals surface area contributed by atoms with Crippen molar-refractivity contribution in [3.05, 3.63) is 0 Å². The van der Waals surface area contributed by atoms with Gasteiger partial charge in [0.25, 0.3) is 0 Å². The van der Waals surface area contributed by atoms with Gasteiger partial charge in [0, 0.05) is 50.9 Å². The average Bonchev–Trinajstić information content (AvgIpc) is 0.811. The molecule has 54 valence electrons. The fraction of sp³-hybridized carbons (Fsp3) is 0. The van der Waals surface area contributed by atoms with Gasteiger partial charge in [-0.15, -0.1) is 0 Å². The summed E-state index contributed by atoms with van der Waals surface area (Å²) in [4.78, 5) is 14.3. The Balaban J connectivity index is -0.00000000750. The number of hydrogen-bond acceptors (Lipinski definition) is 1. The zero-order valence-corrected chi connectivity index (χ0v) is 7.25. The molecule has 0 aliphatic carbocycles. The molecule has 8 heteroatoms. The fourth-order valence-corrected chi connectivity index (χ4v) is 0. The molecule has 0 rings (SSSR count). The Morgan fingerprint density at radius 2 is 1.25 bits per heavy atom. The molecule has 0 fully saturated rings. The Hall–Kier alpha value is 1.23. The van der Waals surface area contributed by atoms with Crippen LogP contribution in [0.4, 0.5) is 0 Å². The summed E-state index contributed by atoms with van der Waals surface area (Å²) in [5.74, 6) is 0. The molecule has 0 saturated heterocycles. The summed E-state index contributed by atoms with van der Waals surface area (Å²) in [7, 11) is -3.13. The van der Waals surface area contributed by atoms with Gasteiger partial charge < -0.3 is 9.59 Å². The first-order chi connectivity index (χ1) is 1.73. The van der Waals surface area contributed by atoms with Crippen molar-refractivity contribution < 1.29 is 65.0 Å². The molecule has 0 aliphatic rings. The SMILES string of the molecule is B.O=[Si](O)O.[Cr].[Fe].[Ni]. The van der Waals surface area contributed by atoms with E-state index in [0.29, 0.717) is 0 Å². The van der Waals surface area contributed by atoms with Gasteiger partial charge in [0.15, 0.2) is 0 Å². The number of hydrogen-bond donors (Lipinski definition) is 2. The van der Waals surface area contributed by atoms with Crippen LogP contribution in [0.5, 0.6) is 0 Å². The van der Waals surface area contributed by atoms with E-state index in [0.717, 1.165) is 0 Å². The second-order valence-corrected chi connectivity index (χ2v) is 0.848. The quantitative estimate of drug-likeness (QED) is 0.461. The van der Waals surface area contributed by atoms with Crippen LogP contribution in [0, 0.1) is 0 Å². The minimum Gasteiger partial charge on any atom is -0.511 e. The third kappa shape index (κ3) is 186. The summed E-state index contributed by atoms with van der Waals surface area (Å²) in [5.41, 5.74) is 0. The second-order valence-electron chi connectivity index (χ2n) is 0.283. The monoisotopic (exact) mass is 258 g/mol. The second kappa shape index (κ2) is 24.0. The van der Waals surface area contributed by atoms with Gasteiger partial charge in [0.1, 0.15) is 0 Å². The summed E-state index contributed by atoms with van der Waals surface area (Å²) in [6, 6.07) is 0. The molecule has 8 heavy (non-hydrogen) atoms. The Kier molecular flexibility index (Phi) is 105. The van der Waals surface area contributed by atoms with Gasteiger partial charge in [-0.3, -0.25) is 4.46 Å². The molecule has 0 radical (unpaired) electrons. The molecule has 0 atom stereocenters.